The van der Waals surface area contributed by atoms with Crippen molar-refractivity contribution in [3.8, 4) is 79.7 Å². The Labute approximate surface area is 634 Å². The van der Waals surface area contributed by atoms with E-state index in [-0.39, 0.29) is 38.1 Å². The predicted octanol–water partition coefficient (Wildman–Crippen LogP) is 22.0. The van der Waals surface area contributed by atoms with Gasteiger partial charge in [-0.25, -0.2) is 95.9 Å². The van der Waals surface area contributed by atoms with Gasteiger partial charge in [-0.15, -0.1) is 0 Å². The van der Waals surface area contributed by atoms with Gasteiger partial charge in [-0.05, 0) is 49.2 Å². The van der Waals surface area contributed by atoms with Crippen LogP contribution in [0.5, 0.6) is 57.5 Å². The maximum absolute atomic E-state index is 17.1. The van der Waals surface area contributed by atoms with Gasteiger partial charge >= 0.3 is 12.4 Å². The molecule has 0 aliphatic carbocycles. The number of alkyl halides is 6. The molecule has 12 nitrogen and oxygen atoms in total. The molecule has 0 atom stereocenters. The summed E-state index contributed by atoms with van der Waals surface area (Å²) in [6.45, 7) is -2.14. The van der Waals surface area contributed by atoms with Crippen LogP contribution >= 0.6 is 0 Å². The lowest BCUT2D eigenvalue weighted by Gasteiger charge is -2.38. The fourth-order valence-corrected chi connectivity index (χ4v) is 14.2. The molecule has 0 aliphatic rings. The second kappa shape index (κ2) is 31.9. The monoisotopic (exact) mass is 1790 g/mol. The Kier molecular flexibility index (Phi) is 24.0. The van der Waals surface area contributed by atoms with Gasteiger partial charge < -0.3 is 37.9 Å². The van der Waals surface area contributed by atoms with Crippen molar-refractivity contribution < 1.29 is 213 Å². The van der Waals surface area contributed by atoms with E-state index in [0.717, 1.165) is 14.2 Å². The molecule has 0 unspecified atom stereocenters. The molecular weight excluding hydrogens is 1770 g/mol. The Balaban J connectivity index is 1.12. The SMILES string of the molecule is COCOc1c(F)c(F)c(-c2c(F)c(F)c(Oc3c(F)c(F)c(S(=O)(=O)c4c(F)c(F)c(C)c(F)c4F)c(Oc4ccc(C(c5ccc(Oc6c(F)c(Oc7c(F)c(F)c(-c8c(F)c(F)c(OCOC)c(F)c8F)c(F)c7F)c(F)c(F)c6S(=O)(=O)c6c(F)c(F)c(C)c(F)c6F)cc5)(C(F)(F)F)C(F)(F)F)cc4)c3F)c(F)c2F)c(F)c1F. The van der Waals surface area contributed by atoms with Crippen LogP contribution in [-0.2, 0) is 34.6 Å². The molecule has 50 heteroatoms. The first-order valence-electron chi connectivity index (χ1n) is 30.4. The normalized spacial score (nSPS) is 12.3. The number of hydrogen-bond donors (Lipinski definition) is 0. The van der Waals surface area contributed by atoms with Crippen molar-refractivity contribution in [3.05, 3.63) is 245 Å². The molecule has 0 N–H and O–H groups in total. The lowest BCUT2D eigenvalue weighted by atomic mass is 9.73. The molecular formula is C69H24F36O12S2. The van der Waals surface area contributed by atoms with Crippen LogP contribution in [0.2, 0.25) is 0 Å². The Bertz CT molecular complexity index is 5640. The fourth-order valence-electron chi connectivity index (χ4n) is 11.1. The smallest absolute Gasteiger partial charge is 0.411 e. The van der Waals surface area contributed by atoms with E-state index in [1.165, 1.54) is 0 Å². The molecule has 0 saturated carbocycles. The topological polar surface area (TPSA) is 142 Å². The summed E-state index contributed by atoms with van der Waals surface area (Å²) in [5.41, 5.74) is -25.2. The van der Waals surface area contributed by atoms with E-state index in [4.69, 9.17) is 9.47 Å². The van der Waals surface area contributed by atoms with Gasteiger partial charge in [0.25, 0.3) is 0 Å². The zero-order valence-corrected chi connectivity index (χ0v) is 58.5. The molecule has 119 heavy (non-hydrogen) atoms. The highest BCUT2D eigenvalue weighted by molar-refractivity contribution is 7.92. The van der Waals surface area contributed by atoms with Gasteiger partial charge in [0, 0.05) is 25.3 Å². The van der Waals surface area contributed by atoms with Crippen molar-refractivity contribution in [1.29, 1.82) is 0 Å². The maximum atomic E-state index is 17.1. The zero-order chi connectivity index (χ0) is 89.3. The minimum atomic E-state index is -7.31. The fraction of sp³-hybridized carbons (Fsp3) is 0.130. The molecule has 0 aromatic heterocycles. The Morgan fingerprint density at radius 3 is 0.664 bits per heavy atom. The van der Waals surface area contributed by atoms with Gasteiger partial charge in [0.2, 0.25) is 118 Å². The van der Waals surface area contributed by atoms with Crippen LogP contribution < -0.4 is 28.4 Å². The molecule has 10 aromatic carbocycles. The molecule has 636 valence electrons. The summed E-state index contributed by atoms with van der Waals surface area (Å²) in [5.74, 6) is -120. The quantitative estimate of drug-likeness (QED) is 0.0362. The van der Waals surface area contributed by atoms with Crippen molar-refractivity contribution in [2.24, 2.45) is 0 Å². The standard InChI is InChI=1S/C69H24F36O12S2/c1-15-25(70)47(92)63(48(93)26(15)71)118(106,107)65-51(96)45(90)59(116-57-41(86)33(78)23(34(79)42(57)87)21-29(74)37(82)55(112-13-110-3)38(83)30(21)75)53(98)61(65)114-19-9-5-17(6-10-19)67(68(100,101)102,69(103,104)105)18-7-11-20(12-8-18)115-62-54(99)60(46(91)52(97)66(62)119(108,109)64-49(94)27(72)16(2)28(73)50(64)95)117-58-43(88)35(80)24(36(81)44(58)89)22-31(76)39(84)56(113-14-111-4)40(85)32(22)77/h5-12H,13-14H2,1-4H3. The number of methoxy groups -OCH3 is 2. The average molecular weight is 1790 g/mol. The number of halogens is 36. The zero-order valence-electron chi connectivity index (χ0n) is 56.9. The summed E-state index contributed by atoms with van der Waals surface area (Å²) in [5, 5.41) is 0. The van der Waals surface area contributed by atoms with Crippen LogP contribution in [0.15, 0.2) is 68.1 Å². The third kappa shape index (κ3) is 14.1. The summed E-state index contributed by atoms with van der Waals surface area (Å²) >= 11 is 0. The first kappa shape index (κ1) is 89.6. The predicted molar refractivity (Wildman–Crippen MR) is 320 cm³/mol. The molecule has 10 rings (SSSR count). The molecule has 0 bridgehead atoms. The van der Waals surface area contributed by atoms with E-state index in [2.05, 4.69) is 28.4 Å². The van der Waals surface area contributed by atoms with Crippen molar-refractivity contribution in [2.45, 2.75) is 51.2 Å². The van der Waals surface area contributed by atoms with Gasteiger partial charge in [-0.2, -0.15) is 79.0 Å². The Hall–Kier alpha value is -11.7. The van der Waals surface area contributed by atoms with Crippen LogP contribution in [0.4, 0.5) is 158 Å². The van der Waals surface area contributed by atoms with Crippen LogP contribution in [0.1, 0.15) is 22.3 Å². The first-order chi connectivity index (χ1) is 55.1. The largest absolute Gasteiger partial charge is 0.461 e. The average Bonchev–Trinajstić information content (AvgIpc) is 0.674. The van der Waals surface area contributed by atoms with Gasteiger partial charge in [0.15, 0.2) is 151 Å². The second-order valence-corrected chi connectivity index (χ2v) is 27.1. The van der Waals surface area contributed by atoms with E-state index < -0.39 is 371 Å². The Morgan fingerprint density at radius 1 is 0.244 bits per heavy atom. The molecule has 0 amide bonds. The summed E-state index contributed by atoms with van der Waals surface area (Å²) in [6, 6.07) is -3.62. The maximum Gasteiger partial charge on any atom is 0.411 e. The molecule has 0 heterocycles. The van der Waals surface area contributed by atoms with Crippen molar-refractivity contribution in [3.63, 3.8) is 0 Å². The summed E-state index contributed by atoms with van der Waals surface area (Å²) in [7, 11) is -13.1. The number of ether oxygens (including phenoxy) is 8. The molecule has 0 spiro atoms. The summed E-state index contributed by atoms with van der Waals surface area (Å²) in [4.78, 5) is -12.7. The van der Waals surface area contributed by atoms with E-state index in [1.807, 2.05) is 0 Å². The number of sulfone groups is 2. The van der Waals surface area contributed by atoms with Gasteiger partial charge in [0.1, 0.15) is 21.3 Å². The highest BCUT2D eigenvalue weighted by Crippen LogP contribution is 2.58. The highest BCUT2D eigenvalue weighted by Gasteiger charge is 2.72. The summed E-state index contributed by atoms with van der Waals surface area (Å²) < 4.78 is 655. The highest BCUT2D eigenvalue weighted by atomic mass is 32.2. The van der Waals surface area contributed by atoms with E-state index in [0.29, 0.717) is 0 Å². The van der Waals surface area contributed by atoms with Gasteiger partial charge in [-0.1, -0.05) is 24.3 Å². The number of rotatable bonds is 22. The van der Waals surface area contributed by atoms with Gasteiger partial charge in [-0.3, -0.25) is 0 Å². The van der Waals surface area contributed by atoms with E-state index in [1.54, 1.807) is 0 Å². The van der Waals surface area contributed by atoms with Crippen LogP contribution in [0.3, 0.4) is 0 Å². The lowest BCUT2D eigenvalue weighted by molar-refractivity contribution is -0.288. The van der Waals surface area contributed by atoms with Crippen LogP contribution in [0.25, 0.3) is 22.3 Å². The minimum absolute atomic E-state index is 0.173. The Morgan fingerprint density at radius 2 is 0.445 bits per heavy atom. The van der Waals surface area contributed by atoms with E-state index in [9.17, 15) is 52.0 Å². The molecule has 0 aliphatic heterocycles. The van der Waals surface area contributed by atoms with Crippen molar-refractivity contribution >= 4 is 19.7 Å². The van der Waals surface area contributed by atoms with Crippen LogP contribution in [-0.4, -0.2) is 57.0 Å². The third-order valence-electron chi connectivity index (χ3n) is 16.7. The molecule has 10 aromatic rings. The molecule has 0 radical (unpaired) electrons. The van der Waals surface area contributed by atoms with Crippen molar-refractivity contribution in [1.82, 2.24) is 0 Å². The van der Waals surface area contributed by atoms with Crippen molar-refractivity contribution in [2.75, 3.05) is 27.8 Å². The first-order valence-corrected chi connectivity index (χ1v) is 33.4. The second-order valence-electron chi connectivity index (χ2n) is 23.4. The lowest BCUT2D eigenvalue weighted by Crippen LogP contribution is -2.54. The summed E-state index contributed by atoms with van der Waals surface area (Å²) in [6.07, 6.45) is -14.1. The molecule has 0 fully saturated rings. The number of benzene rings is 10. The minimum Gasteiger partial charge on any atom is -0.461 e. The van der Waals surface area contributed by atoms with Crippen LogP contribution in [0, 0.1) is 188 Å². The van der Waals surface area contributed by atoms with E-state index >= 15 is 123 Å². The van der Waals surface area contributed by atoms with Gasteiger partial charge in [0.05, 0.1) is 22.3 Å². The number of hydrogen-bond acceptors (Lipinski definition) is 12. The molecule has 0 saturated heterocycles. The third-order valence-corrected chi connectivity index (χ3v) is 20.3.